The molecule has 0 spiro atoms. The number of hydrogen-bond donors (Lipinski definition) is 1. The first-order valence-corrected chi connectivity index (χ1v) is 6.30. The molecule has 4 nitrogen and oxygen atoms in total. The Labute approximate surface area is 98.0 Å². The highest BCUT2D eigenvalue weighted by Gasteiger charge is 2.29. The van der Waals surface area contributed by atoms with Gasteiger partial charge in [0, 0.05) is 12.6 Å². The van der Waals surface area contributed by atoms with Crippen LogP contribution in [-0.4, -0.2) is 55.6 Å². The van der Waals surface area contributed by atoms with E-state index in [1.165, 1.54) is 32.2 Å². The molecule has 1 aliphatic carbocycles. The standard InChI is InChI=1S/C12H23N3O/c1-14(2)7-10-3-5-11(6-4-10)15-8-12(16)13-9-15/h10-11H,3-9H2,1-2H3,(H,13,16). The Morgan fingerprint density at radius 1 is 1.31 bits per heavy atom. The normalized spacial score (nSPS) is 32.1. The summed E-state index contributed by atoms with van der Waals surface area (Å²) in [5.74, 6) is 1.05. The van der Waals surface area contributed by atoms with Crippen LogP contribution in [0.1, 0.15) is 25.7 Å². The summed E-state index contributed by atoms with van der Waals surface area (Å²) in [6.45, 7) is 2.59. The fraction of sp³-hybridized carbons (Fsp3) is 0.917. The maximum atomic E-state index is 11.1. The van der Waals surface area contributed by atoms with Gasteiger partial charge in [-0.05, 0) is 45.7 Å². The van der Waals surface area contributed by atoms with E-state index >= 15 is 0 Å². The lowest BCUT2D eigenvalue weighted by atomic mass is 9.85. The van der Waals surface area contributed by atoms with Crippen molar-refractivity contribution in [2.75, 3.05) is 33.9 Å². The molecule has 1 aliphatic heterocycles. The maximum absolute atomic E-state index is 11.1. The topological polar surface area (TPSA) is 35.6 Å². The van der Waals surface area contributed by atoms with E-state index < -0.39 is 0 Å². The lowest BCUT2D eigenvalue weighted by Crippen LogP contribution is -2.38. The number of hydrogen-bond acceptors (Lipinski definition) is 3. The predicted molar refractivity (Wildman–Crippen MR) is 64.0 cm³/mol. The maximum Gasteiger partial charge on any atom is 0.235 e. The fourth-order valence-corrected chi connectivity index (χ4v) is 2.95. The monoisotopic (exact) mass is 225 g/mol. The van der Waals surface area contributed by atoms with Crippen molar-refractivity contribution in [1.29, 1.82) is 0 Å². The predicted octanol–water partition coefficient (Wildman–Crippen LogP) is 0.496. The molecule has 92 valence electrons. The summed E-state index contributed by atoms with van der Waals surface area (Å²) in [6, 6.07) is 0.636. The van der Waals surface area contributed by atoms with Crippen LogP contribution < -0.4 is 5.32 Å². The zero-order valence-corrected chi connectivity index (χ0v) is 10.4. The highest BCUT2D eigenvalue weighted by atomic mass is 16.2. The molecule has 1 saturated carbocycles. The zero-order valence-electron chi connectivity index (χ0n) is 10.4. The van der Waals surface area contributed by atoms with E-state index in [1.807, 2.05) is 0 Å². The van der Waals surface area contributed by atoms with Gasteiger partial charge in [-0.15, -0.1) is 0 Å². The van der Waals surface area contributed by atoms with Gasteiger partial charge in [-0.1, -0.05) is 0 Å². The van der Waals surface area contributed by atoms with E-state index in [1.54, 1.807) is 0 Å². The van der Waals surface area contributed by atoms with E-state index in [0.717, 1.165) is 12.6 Å². The lowest BCUT2D eigenvalue weighted by molar-refractivity contribution is -0.118. The number of nitrogens with one attached hydrogen (secondary N) is 1. The Bertz CT molecular complexity index is 247. The van der Waals surface area contributed by atoms with Crippen LogP contribution in [0.25, 0.3) is 0 Å². The number of carbonyl (C=O) groups is 1. The lowest BCUT2D eigenvalue weighted by Gasteiger charge is -2.34. The molecule has 0 radical (unpaired) electrons. The van der Waals surface area contributed by atoms with Gasteiger partial charge in [0.15, 0.2) is 0 Å². The molecule has 0 bridgehead atoms. The Morgan fingerprint density at radius 3 is 2.50 bits per heavy atom. The van der Waals surface area contributed by atoms with Crippen molar-refractivity contribution in [3.8, 4) is 0 Å². The van der Waals surface area contributed by atoms with Crippen molar-refractivity contribution in [2.24, 2.45) is 5.92 Å². The number of rotatable bonds is 3. The first-order valence-electron chi connectivity index (χ1n) is 6.30. The van der Waals surface area contributed by atoms with Crippen LogP contribution in [-0.2, 0) is 4.79 Å². The summed E-state index contributed by atoms with van der Waals surface area (Å²) in [5.41, 5.74) is 0. The average molecular weight is 225 g/mol. The Morgan fingerprint density at radius 2 is 2.00 bits per heavy atom. The van der Waals surface area contributed by atoms with Gasteiger partial charge < -0.3 is 10.2 Å². The second-order valence-electron chi connectivity index (χ2n) is 5.44. The SMILES string of the molecule is CN(C)CC1CCC(N2CNC(=O)C2)CC1. The van der Waals surface area contributed by atoms with E-state index in [2.05, 4.69) is 29.2 Å². The first-order chi connectivity index (χ1) is 7.65. The fourth-order valence-electron chi connectivity index (χ4n) is 2.95. The molecule has 0 aromatic carbocycles. The molecule has 16 heavy (non-hydrogen) atoms. The molecule has 2 fully saturated rings. The Kier molecular flexibility index (Phi) is 3.82. The quantitative estimate of drug-likeness (QED) is 0.759. The van der Waals surface area contributed by atoms with Crippen LogP contribution in [0, 0.1) is 5.92 Å². The van der Waals surface area contributed by atoms with Crippen LogP contribution in [0.2, 0.25) is 0 Å². The molecule has 0 aromatic heterocycles. The van der Waals surface area contributed by atoms with Gasteiger partial charge in [-0.3, -0.25) is 9.69 Å². The Balaban J connectivity index is 1.74. The van der Waals surface area contributed by atoms with E-state index in [9.17, 15) is 4.79 Å². The van der Waals surface area contributed by atoms with Gasteiger partial charge in [0.2, 0.25) is 5.91 Å². The van der Waals surface area contributed by atoms with Crippen molar-refractivity contribution in [2.45, 2.75) is 31.7 Å². The third-order valence-electron chi connectivity index (χ3n) is 3.78. The van der Waals surface area contributed by atoms with E-state index in [4.69, 9.17) is 0 Å². The molecule has 2 rings (SSSR count). The highest BCUT2D eigenvalue weighted by molar-refractivity contribution is 5.79. The number of carbonyl (C=O) groups excluding carboxylic acids is 1. The molecule has 1 N–H and O–H groups in total. The molecule has 1 heterocycles. The summed E-state index contributed by atoms with van der Waals surface area (Å²) >= 11 is 0. The van der Waals surface area contributed by atoms with Gasteiger partial charge in [0.25, 0.3) is 0 Å². The van der Waals surface area contributed by atoms with Crippen molar-refractivity contribution >= 4 is 5.91 Å². The molecular weight excluding hydrogens is 202 g/mol. The van der Waals surface area contributed by atoms with Crippen LogP contribution in [0.4, 0.5) is 0 Å². The minimum absolute atomic E-state index is 0.190. The van der Waals surface area contributed by atoms with Crippen LogP contribution >= 0.6 is 0 Å². The van der Waals surface area contributed by atoms with Crippen LogP contribution in [0.5, 0.6) is 0 Å². The second kappa shape index (κ2) is 5.15. The minimum Gasteiger partial charge on any atom is -0.342 e. The summed E-state index contributed by atoms with van der Waals surface area (Å²) in [4.78, 5) is 15.7. The van der Waals surface area contributed by atoms with Crippen molar-refractivity contribution in [3.63, 3.8) is 0 Å². The molecule has 2 aliphatic rings. The average Bonchev–Trinajstić information content (AvgIpc) is 2.65. The largest absolute Gasteiger partial charge is 0.342 e. The third kappa shape index (κ3) is 2.95. The summed E-state index contributed by atoms with van der Waals surface area (Å²) in [7, 11) is 4.30. The Hall–Kier alpha value is -0.610. The molecule has 0 aromatic rings. The number of amides is 1. The molecule has 4 heteroatoms. The van der Waals surface area contributed by atoms with E-state index in [0.29, 0.717) is 12.6 Å². The van der Waals surface area contributed by atoms with Crippen LogP contribution in [0.15, 0.2) is 0 Å². The first kappa shape index (κ1) is 11.9. The summed E-state index contributed by atoms with van der Waals surface area (Å²) in [6.07, 6.45) is 5.14. The highest BCUT2D eigenvalue weighted by Crippen LogP contribution is 2.28. The van der Waals surface area contributed by atoms with Crippen molar-refractivity contribution in [3.05, 3.63) is 0 Å². The van der Waals surface area contributed by atoms with Crippen molar-refractivity contribution < 1.29 is 4.79 Å². The molecule has 0 unspecified atom stereocenters. The number of nitrogens with zero attached hydrogens (tertiary/aromatic N) is 2. The summed E-state index contributed by atoms with van der Waals surface area (Å²) in [5, 5.41) is 2.89. The molecule has 0 atom stereocenters. The molecule has 1 amide bonds. The second-order valence-corrected chi connectivity index (χ2v) is 5.44. The molecule has 1 saturated heterocycles. The van der Waals surface area contributed by atoms with Gasteiger partial charge in [0.05, 0.1) is 13.2 Å². The molecular formula is C12H23N3O. The van der Waals surface area contributed by atoms with Gasteiger partial charge in [0.1, 0.15) is 0 Å². The van der Waals surface area contributed by atoms with Crippen LogP contribution in [0.3, 0.4) is 0 Å². The third-order valence-corrected chi connectivity index (χ3v) is 3.78. The van der Waals surface area contributed by atoms with Gasteiger partial charge in [-0.2, -0.15) is 0 Å². The van der Waals surface area contributed by atoms with E-state index in [-0.39, 0.29) is 5.91 Å². The smallest absolute Gasteiger partial charge is 0.235 e. The van der Waals surface area contributed by atoms with Crippen molar-refractivity contribution in [1.82, 2.24) is 15.1 Å². The zero-order chi connectivity index (χ0) is 11.5. The summed E-state index contributed by atoms with van der Waals surface area (Å²) < 4.78 is 0. The minimum atomic E-state index is 0.190. The van der Waals surface area contributed by atoms with Gasteiger partial charge in [-0.25, -0.2) is 0 Å². The van der Waals surface area contributed by atoms with Gasteiger partial charge >= 0.3 is 0 Å².